The zero-order valence-electron chi connectivity index (χ0n) is 7.96. The number of aliphatic hydroxyl groups is 1. The second-order valence-electron chi connectivity index (χ2n) is 2.78. The molecule has 1 unspecified atom stereocenters. The topological polar surface area (TPSA) is 77.2 Å². The quantitative estimate of drug-likeness (QED) is 0.652. The van der Waals surface area contributed by atoms with Crippen molar-refractivity contribution in [1.82, 2.24) is 14.8 Å². The lowest BCUT2D eigenvalue weighted by Gasteiger charge is -2.08. The number of carbonyl (C=O) groups excluding carboxylic acids is 1. The Kier molecular flexibility index (Phi) is 4.06. The number of hydrogen-bond acceptors (Lipinski definition) is 5. The van der Waals surface area contributed by atoms with Crippen LogP contribution in [0, 0.1) is 0 Å². The highest BCUT2D eigenvalue weighted by atomic mass is 16.5. The van der Waals surface area contributed by atoms with Crippen molar-refractivity contribution in [1.29, 1.82) is 0 Å². The standard InChI is InChI=1S/C8H13N3O3/c1-2-14-8(13)3-7(12)4-11-6-9-5-10-11/h5-7,12H,2-4H2,1H3. The van der Waals surface area contributed by atoms with Gasteiger partial charge in [-0.3, -0.25) is 9.48 Å². The Bertz CT molecular complexity index is 273. The molecule has 0 spiro atoms. The van der Waals surface area contributed by atoms with Crippen LogP contribution in [0.3, 0.4) is 0 Å². The molecule has 14 heavy (non-hydrogen) atoms. The number of rotatable bonds is 5. The summed E-state index contributed by atoms with van der Waals surface area (Å²) in [5.74, 6) is -0.403. The van der Waals surface area contributed by atoms with Crippen molar-refractivity contribution in [3.8, 4) is 0 Å². The van der Waals surface area contributed by atoms with E-state index >= 15 is 0 Å². The molecule has 6 heteroatoms. The van der Waals surface area contributed by atoms with Gasteiger partial charge in [0.05, 0.1) is 25.7 Å². The second-order valence-corrected chi connectivity index (χ2v) is 2.78. The molecule has 6 nitrogen and oxygen atoms in total. The first kappa shape index (κ1) is 10.6. The summed E-state index contributed by atoms with van der Waals surface area (Å²) < 4.78 is 6.15. The van der Waals surface area contributed by atoms with Crippen molar-refractivity contribution in [2.45, 2.75) is 26.0 Å². The van der Waals surface area contributed by atoms with Crippen LogP contribution < -0.4 is 0 Å². The van der Waals surface area contributed by atoms with Crippen molar-refractivity contribution >= 4 is 5.97 Å². The molecule has 0 saturated heterocycles. The van der Waals surface area contributed by atoms with E-state index in [2.05, 4.69) is 14.8 Å². The van der Waals surface area contributed by atoms with Crippen molar-refractivity contribution in [3.63, 3.8) is 0 Å². The average Bonchev–Trinajstić information content (AvgIpc) is 2.56. The lowest BCUT2D eigenvalue weighted by molar-refractivity contribution is -0.145. The number of aromatic nitrogens is 3. The van der Waals surface area contributed by atoms with Crippen LogP contribution in [0.25, 0.3) is 0 Å². The molecule has 1 aromatic rings. The number of nitrogens with zero attached hydrogens (tertiary/aromatic N) is 3. The van der Waals surface area contributed by atoms with Gasteiger partial charge in [-0.15, -0.1) is 0 Å². The SMILES string of the molecule is CCOC(=O)CC(O)Cn1cncn1. The summed E-state index contributed by atoms with van der Waals surface area (Å²) in [7, 11) is 0. The van der Waals surface area contributed by atoms with Crippen molar-refractivity contribution < 1.29 is 14.6 Å². The lowest BCUT2D eigenvalue weighted by Crippen LogP contribution is -2.21. The molecule has 0 amide bonds. The van der Waals surface area contributed by atoms with Gasteiger partial charge in [-0.05, 0) is 6.92 Å². The molecular weight excluding hydrogens is 186 g/mol. The molecule has 1 aromatic heterocycles. The van der Waals surface area contributed by atoms with Crippen LogP contribution >= 0.6 is 0 Å². The van der Waals surface area contributed by atoms with E-state index in [0.29, 0.717) is 6.61 Å². The van der Waals surface area contributed by atoms with E-state index in [1.807, 2.05) is 0 Å². The maximum Gasteiger partial charge on any atom is 0.308 e. The Morgan fingerprint density at radius 1 is 1.71 bits per heavy atom. The number of ether oxygens (including phenoxy) is 1. The number of carbonyl (C=O) groups is 1. The predicted molar refractivity (Wildman–Crippen MR) is 47.3 cm³/mol. The zero-order valence-corrected chi connectivity index (χ0v) is 7.96. The summed E-state index contributed by atoms with van der Waals surface area (Å²) >= 11 is 0. The molecule has 0 saturated carbocycles. The molecule has 1 heterocycles. The first-order chi connectivity index (χ1) is 6.72. The van der Waals surface area contributed by atoms with Gasteiger partial charge in [0, 0.05) is 0 Å². The maximum atomic E-state index is 11.0. The molecular formula is C8H13N3O3. The third kappa shape index (κ3) is 3.53. The van der Waals surface area contributed by atoms with Crippen LogP contribution in [0.4, 0.5) is 0 Å². The Hall–Kier alpha value is -1.43. The van der Waals surface area contributed by atoms with Gasteiger partial charge in [0.15, 0.2) is 0 Å². The highest BCUT2D eigenvalue weighted by Gasteiger charge is 2.12. The largest absolute Gasteiger partial charge is 0.466 e. The van der Waals surface area contributed by atoms with E-state index in [4.69, 9.17) is 0 Å². The van der Waals surface area contributed by atoms with Crippen molar-refractivity contribution in [2.24, 2.45) is 0 Å². The summed E-state index contributed by atoms with van der Waals surface area (Å²) in [5.41, 5.74) is 0. The molecule has 0 aliphatic heterocycles. The van der Waals surface area contributed by atoms with Crippen LogP contribution in [0.15, 0.2) is 12.7 Å². The third-order valence-corrected chi connectivity index (χ3v) is 1.57. The molecule has 0 fully saturated rings. The normalized spacial score (nSPS) is 12.4. The fourth-order valence-electron chi connectivity index (χ4n) is 1.02. The molecule has 0 aliphatic carbocycles. The lowest BCUT2D eigenvalue weighted by atomic mass is 10.2. The van der Waals surface area contributed by atoms with Crippen LogP contribution in [0.5, 0.6) is 0 Å². The van der Waals surface area contributed by atoms with E-state index in [0.717, 1.165) is 0 Å². The van der Waals surface area contributed by atoms with Gasteiger partial charge < -0.3 is 9.84 Å². The van der Waals surface area contributed by atoms with Gasteiger partial charge >= 0.3 is 5.97 Å². The summed E-state index contributed by atoms with van der Waals surface area (Å²) in [6.45, 7) is 2.30. The summed E-state index contributed by atoms with van der Waals surface area (Å²) in [5, 5.41) is 13.2. The zero-order chi connectivity index (χ0) is 10.4. The molecule has 78 valence electrons. The van der Waals surface area contributed by atoms with Gasteiger partial charge in [0.2, 0.25) is 0 Å². The first-order valence-corrected chi connectivity index (χ1v) is 4.38. The van der Waals surface area contributed by atoms with Crippen LogP contribution in [0.2, 0.25) is 0 Å². The number of esters is 1. The van der Waals surface area contributed by atoms with Crippen LogP contribution in [0.1, 0.15) is 13.3 Å². The van der Waals surface area contributed by atoms with E-state index in [9.17, 15) is 9.90 Å². The molecule has 1 N–H and O–H groups in total. The maximum absolute atomic E-state index is 11.0. The summed E-state index contributed by atoms with van der Waals surface area (Å²) in [6, 6.07) is 0. The monoisotopic (exact) mass is 199 g/mol. The molecule has 0 aliphatic rings. The van der Waals surface area contributed by atoms with Gasteiger partial charge in [-0.25, -0.2) is 4.98 Å². The highest BCUT2D eigenvalue weighted by Crippen LogP contribution is 1.97. The minimum atomic E-state index is -0.782. The molecule has 0 bridgehead atoms. The Morgan fingerprint density at radius 2 is 2.50 bits per heavy atom. The van der Waals surface area contributed by atoms with E-state index in [1.54, 1.807) is 6.92 Å². The van der Waals surface area contributed by atoms with Gasteiger partial charge in [-0.2, -0.15) is 5.10 Å². The minimum absolute atomic E-state index is 0.0201. The Balaban J connectivity index is 2.29. The molecule has 1 atom stereocenters. The van der Waals surface area contributed by atoms with Crippen LogP contribution in [-0.2, 0) is 16.1 Å². The van der Waals surface area contributed by atoms with Gasteiger partial charge in [-0.1, -0.05) is 0 Å². The molecule has 0 radical (unpaired) electrons. The third-order valence-electron chi connectivity index (χ3n) is 1.57. The number of aliphatic hydroxyl groups excluding tert-OH is 1. The predicted octanol–water partition coefficient (Wildman–Crippen LogP) is -0.408. The summed E-state index contributed by atoms with van der Waals surface area (Å²) in [4.78, 5) is 14.7. The fourth-order valence-corrected chi connectivity index (χ4v) is 1.02. The summed E-state index contributed by atoms with van der Waals surface area (Å²) in [6.07, 6.45) is 2.05. The average molecular weight is 199 g/mol. The highest BCUT2D eigenvalue weighted by molar-refractivity contribution is 5.69. The first-order valence-electron chi connectivity index (χ1n) is 4.38. The van der Waals surface area contributed by atoms with E-state index < -0.39 is 12.1 Å². The Morgan fingerprint density at radius 3 is 3.07 bits per heavy atom. The Labute approximate surface area is 81.5 Å². The van der Waals surface area contributed by atoms with Crippen molar-refractivity contribution in [2.75, 3.05) is 6.61 Å². The van der Waals surface area contributed by atoms with Crippen molar-refractivity contribution in [3.05, 3.63) is 12.7 Å². The smallest absolute Gasteiger partial charge is 0.308 e. The fraction of sp³-hybridized carbons (Fsp3) is 0.625. The van der Waals surface area contributed by atoms with E-state index in [-0.39, 0.29) is 13.0 Å². The van der Waals surface area contributed by atoms with Crippen LogP contribution in [-0.4, -0.2) is 38.6 Å². The van der Waals surface area contributed by atoms with Gasteiger partial charge in [0.25, 0.3) is 0 Å². The molecule has 1 rings (SSSR count). The second kappa shape index (κ2) is 5.33. The van der Waals surface area contributed by atoms with E-state index in [1.165, 1.54) is 17.3 Å². The van der Waals surface area contributed by atoms with Gasteiger partial charge in [0.1, 0.15) is 12.7 Å². The molecule has 0 aromatic carbocycles. The number of hydrogen-bond donors (Lipinski definition) is 1. The minimum Gasteiger partial charge on any atom is -0.466 e.